The summed E-state index contributed by atoms with van der Waals surface area (Å²) < 4.78 is 25.0. The van der Waals surface area contributed by atoms with Crippen molar-refractivity contribution in [1.29, 1.82) is 0 Å². The summed E-state index contributed by atoms with van der Waals surface area (Å²) in [5.74, 6) is 1.22. The van der Waals surface area contributed by atoms with E-state index >= 15 is 0 Å². The smallest absolute Gasteiger partial charge is 0.191 e. The third kappa shape index (κ3) is 8.54. The van der Waals surface area contributed by atoms with E-state index in [4.69, 9.17) is 9.47 Å². The highest BCUT2D eigenvalue weighted by Gasteiger charge is 2.13. The van der Waals surface area contributed by atoms with E-state index in [0.717, 1.165) is 63.8 Å². The summed E-state index contributed by atoms with van der Waals surface area (Å²) in [7, 11) is 5.62. The van der Waals surface area contributed by atoms with Crippen LogP contribution in [0.3, 0.4) is 0 Å². The van der Waals surface area contributed by atoms with E-state index in [9.17, 15) is 4.39 Å². The lowest BCUT2D eigenvalue weighted by Crippen LogP contribution is -2.37. The van der Waals surface area contributed by atoms with Crippen molar-refractivity contribution in [3.63, 3.8) is 0 Å². The highest BCUT2D eigenvalue weighted by atomic mass is 19.1. The summed E-state index contributed by atoms with van der Waals surface area (Å²) in [4.78, 5) is 6.20. The number of halogens is 1. The highest BCUT2D eigenvalue weighted by molar-refractivity contribution is 5.79. The van der Waals surface area contributed by atoms with E-state index in [1.165, 1.54) is 6.07 Å². The van der Waals surface area contributed by atoms with Gasteiger partial charge in [0.15, 0.2) is 5.96 Å². The second-order valence-corrected chi connectivity index (χ2v) is 7.50. The number of ether oxygens (including phenoxy) is 2. The topological polar surface area (TPSA) is 58.1 Å². The molecule has 0 spiro atoms. The van der Waals surface area contributed by atoms with Crippen LogP contribution in [-0.2, 0) is 22.6 Å². The molecule has 2 N–H and O–H groups in total. The molecule has 1 aromatic rings. The molecule has 1 fully saturated rings. The number of nitrogens with zero attached hydrogens (tertiary/aromatic N) is 2. The van der Waals surface area contributed by atoms with Crippen LogP contribution in [0.25, 0.3) is 0 Å². The minimum absolute atomic E-state index is 0.166. The van der Waals surface area contributed by atoms with Gasteiger partial charge in [0.1, 0.15) is 5.82 Å². The Hall–Kier alpha value is -1.70. The maximum absolute atomic E-state index is 13.9. The van der Waals surface area contributed by atoms with Gasteiger partial charge in [0.05, 0.1) is 0 Å². The molecule has 0 bridgehead atoms. The van der Waals surface area contributed by atoms with Crippen molar-refractivity contribution in [2.45, 2.75) is 32.4 Å². The summed E-state index contributed by atoms with van der Waals surface area (Å²) in [6.45, 7) is 5.28. The van der Waals surface area contributed by atoms with Gasteiger partial charge in [0.2, 0.25) is 0 Å². The molecule has 1 saturated heterocycles. The standard InChI is InChI=1S/C21H35FN4O2/c1-23-21(24-9-4-10-28-16-17-7-11-27-12-8-17)25-14-18-5-6-20(22)19(13-18)15-26(2)3/h5-6,13,17H,4,7-12,14-16H2,1-3H3,(H2,23,24,25). The fourth-order valence-electron chi connectivity index (χ4n) is 3.15. The zero-order valence-corrected chi connectivity index (χ0v) is 17.5. The van der Waals surface area contributed by atoms with Crippen LogP contribution in [0.1, 0.15) is 30.4 Å². The molecule has 0 saturated carbocycles. The Kier molecular flexibility index (Phi) is 10.2. The van der Waals surface area contributed by atoms with Gasteiger partial charge in [-0.2, -0.15) is 0 Å². The maximum atomic E-state index is 13.9. The third-order valence-electron chi connectivity index (χ3n) is 4.73. The number of rotatable bonds is 10. The monoisotopic (exact) mass is 394 g/mol. The molecule has 0 atom stereocenters. The molecule has 0 amide bonds. The Morgan fingerprint density at radius 3 is 2.79 bits per heavy atom. The molecule has 1 aliphatic heterocycles. The third-order valence-corrected chi connectivity index (χ3v) is 4.73. The van der Waals surface area contributed by atoms with Crippen LogP contribution in [0.5, 0.6) is 0 Å². The Balaban J connectivity index is 1.63. The number of benzene rings is 1. The van der Waals surface area contributed by atoms with Crippen LogP contribution in [0.15, 0.2) is 23.2 Å². The van der Waals surface area contributed by atoms with Gasteiger partial charge in [-0.25, -0.2) is 4.39 Å². The molecule has 6 nitrogen and oxygen atoms in total. The number of aliphatic imine (C=N–C) groups is 1. The van der Waals surface area contributed by atoms with Crippen LogP contribution in [0.4, 0.5) is 4.39 Å². The predicted octanol–water partition coefficient (Wildman–Crippen LogP) is 2.39. The molecule has 1 aromatic carbocycles. The molecule has 7 heteroatoms. The van der Waals surface area contributed by atoms with Crippen molar-refractivity contribution in [2.75, 3.05) is 54.1 Å². The van der Waals surface area contributed by atoms with Gasteiger partial charge in [0.25, 0.3) is 0 Å². The van der Waals surface area contributed by atoms with Crippen LogP contribution >= 0.6 is 0 Å². The van der Waals surface area contributed by atoms with E-state index in [2.05, 4.69) is 15.6 Å². The first-order valence-electron chi connectivity index (χ1n) is 10.1. The van der Waals surface area contributed by atoms with Gasteiger partial charge in [0, 0.05) is 58.7 Å². The minimum atomic E-state index is -0.166. The first-order chi connectivity index (χ1) is 13.6. The Morgan fingerprint density at radius 1 is 1.29 bits per heavy atom. The molecular weight excluding hydrogens is 359 g/mol. The maximum Gasteiger partial charge on any atom is 0.191 e. The summed E-state index contributed by atoms with van der Waals surface area (Å²) >= 11 is 0. The minimum Gasteiger partial charge on any atom is -0.381 e. The molecule has 1 aliphatic rings. The van der Waals surface area contributed by atoms with Crippen LogP contribution in [0.2, 0.25) is 0 Å². The lowest BCUT2D eigenvalue weighted by Gasteiger charge is -2.21. The molecule has 0 aromatic heterocycles. The lowest BCUT2D eigenvalue weighted by atomic mass is 10.0. The van der Waals surface area contributed by atoms with Gasteiger partial charge in [-0.15, -0.1) is 0 Å². The van der Waals surface area contributed by atoms with Crippen molar-refractivity contribution in [2.24, 2.45) is 10.9 Å². The number of hydrogen-bond acceptors (Lipinski definition) is 4. The van der Waals surface area contributed by atoms with E-state index in [1.54, 1.807) is 13.1 Å². The van der Waals surface area contributed by atoms with E-state index in [-0.39, 0.29) is 5.82 Å². The Bertz CT molecular complexity index is 604. The second-order valence-electron chi connectivity index (χ2n) is 7.50. The number of hydrogen-bond donors (Lipinski definition) is 2. The normalized spacial score (nSPS) is 15.8. The van der Waals surface area contributed by atoms with Crippen LogP contribution in [-0.4, -0.2) is 65.0 Å². The molecule has 2 rings (SSSR count). The first kappa shape index (κ1) is 22.6. The summed E-state index contributed by atoms with van der Waals surface area (Å²) in [6, 6.07) is 5.24. The highest BCUT2D eigenvalue weighted by Crippen LogP contribution is 2.14. The zero-order chi connectivity index (χ0) is 20.2. The number of nitrogens with one attached hydrogen (secondary N) is 2. The summed E-state index contributed by atoms with van der Waals surface area (Å²) in [5.41, 5.74) is 1.73. The van der Waals surface area contributed by atoms with Gasteiger partial charge in [-0.3, -0.25) is 4.99 Å². The average molecular weight is 395 g/mol. The lowest BCUT2D eigenvalue weighted by molar-refractivity contribution is 0.0203. The van der Waals surface area contributed by atoms with Crippen molar-refractivity contribution < 1.29 is 13.9 Å². The molecular formula is C21H35FN4O2. The van der Waals surface area contributed by atoms with E-state index < -0.39 is 0 Å². The zero-order valence-electron chi connectivity index (χ0n) is 17.5. The van der Waals surface area contributed by atoms with Gasteiger partial charge in [-0.1, -0.05) is 6.07 Å². The van der Waals surface area contributed by atoms with Crippen LogP contribution in [0, 0.1) is 11.7 Å². The van der Waals surface area contributed by atoms with Gasteiger partial charge in [-0.05, 0) is 57.0 Å². The van der Waals surface area contributed by atoms with Crippen LogP contribution < -0.4 is 10.6 Å². The summed E-state index contributed by atoms with van der Waals surface area (Å²) in [6.07, 6.45) is 3.14. The van der Waals surface area contributed by atoms with E-state index in [0.29, 0.717) is 24.6 Å². The fraction of sp³-hybridized carbons (Fsp3) is 0.667. The average Bonchev–Trinajstić information content (AvgIpc) is 2.69. The number of guanidine groups is 1. The second kappa shape index (κ2) is 12.7. The fourth-order valence-corrected chi connectivity index (χ4v) is 3.15. The molecule has 0 radical (unpaired) electrons. The summed E-state index contributed by atoms with van der Waals surface area (Å²) in [5, 5.41) is 6.57. The predicted molar refractivity (Wildman–Crippen MR) is 111 cm³/mol. The molecule has 0 unspecified atom stereocenters. The van der Waals surface area contributed by atoms with E-state index in [1.807, 2.05) is 25.1 Å². The molecule has 158 valence electrons. The van der Waals surface area contributed by atoms with Crippen molar-refractivity contribution in [1.82, 2.24) is 15.5 Å². The first-order valence-corrected chi connectivity index (χ1v) is 10.1. The van der Waals surface area contributed by atoms with Gasteiger partial charge >= 0.3 is 0 Å². The SMILES string of the molecule is CN=C(NCCCOCC1CCOCC1)NCc1ccc(F)c(CN(C)C)c1. The Labute approximate surface area is 168 Å². The van der Waals surface area contributed by atoms with Crippen molar-refractivity contribution >= 4 is 5.96 Å². The molecule has 1 heterocycles. The molecule has 0 aliphatic carbocycles. The molecule has 28 heavy (non-hydrogen) atoms. The largest absolute Gasteiger partial charge is 0.381 e. The Morgan fingerprint density at radius 2 is 2.07 bits per heavy atom. The van der Waals surface area contributed by atoms with Crippen molar-refractivity contribution in [3.05, 3.63) is 35.1 Å². The van der Waals surface area contributed by atoms with Gasteiger partial charge < -0.3 is 25.0 Å². The van der Waals surface area contributed by atoms with Crippen molar-refractivity contribution in [3.8, 4) is 0 Å². The quantitative estimate of drug-likeness (QED) is 0.363.